The number of benzene rings is 1. The van der Waals surface area contributed by atoms with Crippen LogP contribution in [0.15, 0.2) is 23.0 Å². The van der Waals surface area contributed by atoms with Crippen LogP contribution in [0.2, 0.25) is 0 Å². The largest absolute Gasteiger partial charge is 0.347 e. The van der Waals surface area contributed by atoms with Crippen molar-refractivity contribution in [1.29, 1.82) is 0 Å². The van der Waals surface area contributed by atoms with Gasteiger partial charge in [-0.15, -0.1) is 0 Å². The van der Waals surface area contributed by atoms with Gasteiger partial charge in [0.05, 0.1) is 50.3 Å². The summed E-state index contributed by atoms with van der Waals surface area (Å²) in [6, 6.07) is 5.20. The number of carbonyl (C=O) groups is 1. The van der Waals surface area contributed by atoms with Gasteiger partial charge in [-0.25, -0.2) is 0 Å². The van der Waals surface area contributed by atoms with E-state index in [1.54, 1.807) is 22.8 Å². The molecule has 0 unspecified atom stereocenters. The molecular weight excluding hydrogens is 416 g/mol. The Kier molecular flexibility index (Phi) is 6.57. The molecule has 2 aliphatic heterocycles. The summed E-state index contributed by atoms with van der Waals surface area (Å²) in [5.74, 6) is -0.563. The van der Waals surface area contributed by atoms with E-state index in [9.17, 15) is 9.59 Å². The van der Waals surface area contributed by atoms with Crippen LogP contribution in [0.4, 0.5) is 0 Å². The van der Waals surface area contributed by atoms with Crippen LogP contribution in [-0.4, -0.2) is 72.1 Å². The van der Waals surface area contributed by atoms with E-state index in [2.05, 4.69) is 18.8 Å². The van der Waals surface area contributed by atoms with Gasteiger partial charge in [0, 0.05) is 31.5 Å². The van der Waals surface area contributed by atoms with E-state index in [1.807, 2.05) is 4.90 Å². The Bertz CT molecular complexity index is 1060. The van der Waals surface area contributed by atoms with Crippen molar-refractivity contribution in [3.8, 4) is 0 Å². The van der Waals surface area contributed by atoms with E-state index >= 15 is 0 Å². The Hall–Kier alpha value is -2.07. The second kappa shape index (κ2) is 9.20. The van der Waals surface area contributed by atoms with E-state index < -0.39 is 5.79 Å². The summed E-state index contributed by atoms with van der Waals surface area (Å²) in [6.07, 6.45) is 1.35. The summed E-state index contributed by atoms with van der Waals surface area (Å²) in [6.45, 7) is 10.1. The zero-order valence-electron chi connectivity index (χ0n) is 18.2. The van der Waals surface area contributed by atoms with E-state index in [1.165, 1.54) is 4.90 Å². The Morgan fingerprint density at radius 1 is 1.19 bits per heavy atom. The number of likely N-dealkylation sites (tertiary alicyclic amines) is 1. The number of hydrogen-bond acceptors (Lipinski definition) is 5. The van der Waals surface area contributed by atoms with Crippen molar-refractivity contribution in [2.24, 2.45) is 0 Å². The van der Waals surface area contributed by atoms with Gasteiger partial charge in [0.2, 0.25) is 0 Å². The summed E-state index contributed by atoms with van der Waals surface area (Å²) in [4.78, 5) is 32.4. The molecule has 2 fully saturated rings. The van der Waals surface area contributed by atoms with Gasteiger partial charge in [0.25, 0.3) is 11.5 Å². The monoisotopic (exact) mass is 447 g/mol. The molecule has 8 nitrogen and oxygen atoms in total. The van der Waals surface area contributed by atoms with Crippen LogP contribution >= 0.6 is 12.2 Å². The van der Waals surface area contributed by atoms with E-state index in [-0.39, 0.29) is 11.5 Å². The average Bonchev–Trinajstić information content (AvgIpc) is 3.23. The summed E-state index contributed by atoms with van der Waals surface area (Å²) in [7, 11) is 0. The number of piperidine rings is 1. The lowest BCUT2D eigenvalue weighted by Crippen LogP contribution is -3.11. The molecule has 2 N–H and O–H groups in total. The smallest absolute Gasteiger partial charge is 0.262 e. The molecule has 3 heterocycles. The van der Waals surface area contributed by atoms with Crippen LogP contribution in [0, 0.1) is 4.77 Å². The predicted octanol–water partition coefficient (Wildman–Crippen LogP) is 0.963. The molecule has 168 valence electrons. The molecular formula is C22H31N4O4S+. The molecule has 2 aliphatic rings. The third-order valence-corrected chi connectivity index (χ3v) is 6.87. The van der Waals surface area contributed by atoms with Gasteiger partial charge in [0.15, 0.2) is 10.6 Å². The van der Waals surface area contributed by atoms with Gasteiger partial charge in [-0.3, -0.25) is 14.2 Å². The minimum Gasteiger partial charge on any atom is -0.347 e. The SMILES string of the molecule is CC[NH+](CC)CCn1c(=S)[nH]c2cc(C(=O)N3CCC4(CC3)OCCO4)ccc2c1=O. The first-order valence-electron chi connectivity index (χ1n) is 11.1. The van der Waals surface area contributed by atoms with Gasteiger partial charge in [0.1, 0.15) is 0 Å². The number of quaternary nitrogens is 1. The zero-order valence-corrected chi connectivity index (χ0v) is 19.1. The minimum atomic E-state index is -0.511. The van der Waals surface area contributed by atoms with Gasteiger partial charge in [-0.1, -0.05) is 0 Å². The number of carbonyl (C=O) groups excluding carboxylic acids is 1. The fourth-order valence-corrected chi connectivity index (χ4v) is 4.77. The fourth-order valence-electron chi connectivity index (χ4n) is 4.48. The molecule has 9 heteroatoms. The van der Waals surface area contributed by atoms with E-state index in [0.29, 0.717) is 66.9 Å². The lowest BCUT2D eigenvalue weighted by Gasteiger charge is -2.37. The maximum absolute atomic E-state index is 13.0. The third kappa shape index (κ3) is 4.45. The maximum atomic E-state index is 13.0. The molecule has 2 saturated heterocycles. The quantitative estimate of drug-likeness (QED) is 0.645. The number of H-pyrrole nitrogens is 1. The van der Waals surface area contributed by atoms with Gasteiger partial charge in [-0.05, 0) is 44.3 Å². The van der Waals surface area contributed by atoms with Crippen LogP contribution in [-0.2, 0) is 16.0 Å². The van der Waals surface area contributed by atoms with Crippen molar-refractivity contribution < 1.29 is 19.2 Å². The van der Waals surface area contributed by atoms with Crippen LogP contribution in [0.1, 0.15) is 37.0 Å². The Morgan fingerprint density at radius 2 is 1.87 bits per heavy atom. The highest BCUT2D eigenvalue weighted by atomic mass is 32.1. The molecule has 1 amide bonds. The third-order valence-electron chi connectivity index (χ3n) is 6.54. The van der Waals surface area contributed by atoms with Crippen LogP contribution < -0.4 is 10.5 Å². The number of aromatic amines is 1. The van der Waals surface area contributed by atoms with Crippen molar-refractivity contribution >= 4 is 29.0 Å². The Balaban J connectivity index is 1.53. The summed E-state index contributed by atoms with van der Waals surface area (Å²) < 4.78 is 13.5. The number of ether oxygens (including phenoxy) is 2. The number of rotatable bonds is 6. The lowest BCUT2D eigenvalue weighted by atomic mass is 10.0. The van der Waals surface area contributed by atoms with E-state index in [0.717, 1.165) is 19.6 Å². The molecule has 1 spiro atoms. The first kappa shape index (κ1) is 22.1. The molecule has 0 bridgehead atoms. The van der Waals surface area contributed by atoms with Crippen LogP contribution in [0.3, 0.4) is 0 Å². The molecule has 0 atom stereocenters. The molecule has 0 saturated carbocycles. The second-order valence-electron chi connectivity index (χ2n) is 8.25. The molecule has 1 aromatic carbocycles. The Labute approximate surface area is 186 Å². The summed E-state index contributed by atoms with van der Waals surface area (Å²) >= 11 is 5.46. The van der Waals surface area contributed by atoms with Gasteiger partial charge < -0.3 is 24.3 Å². The number of nitrogens with one attached hydrogen (secondary N) is 2. The fraction of sp³-hybridized carbons (Fsp3) is 0.591. The van der Waals surface area contributed by atoms with Crippen molar-refractivity contribution in [3.63, 3.8) is 0 Å². The molecule has 4 rings (SSSR count). The van der Waals surface area contributed by atoms with Crippen molar-refractivity contribution in [2.75, 3.05) is 45.9 Å². The van der Waals surface area contributed by atoms with Crippen molar-refractivity contribution in [3.05, 3.63) is 38.9 Å². The van der Waals surface area contributed by atoms with Crippen LogP contribution in [0.25, 0.3) is 10.9 Å². The highest BCUT2D eigenvalue weighted by Crippen LogP contribution is 2.31. The highest BCUT2D eigenvalue weighted by Gasteiger charge is 2.40. The highest BCUT2D eigenvalue weighted by molar-refractivity contribution is 7.71. The van der Waals surface area contributed by atoms with Gasteiger partial charge >= 0.3 is 0 Å². The number of hydrogen-bond donors (Lipinski definition) is 2. The summed E-state index contributed by atoms with van der Waals surface area (Å²) in [5, 5.41) is 0.546. The second-order valence-corrected chi connectivity index (χ2v) is 8.64. The predicted molar refractivity (Wildman–Crippen MR) is 120 cm³/mol. The average molecular weight is 448 g/mol. The molecule has 31 heavy (non-hydrogen) atoms. The number of nitrogens with zero attached hydrogens (tertiary/aromatic N) is 2. The number of aromatic nitrogens is 2. The topological polar surface area (TPSA) is 81.0 Å². The number of likely N-dealkylation sites (N-methyl/N-ethyl adjacent to an activating group) is 1. The molecule has 0 aliphatic carbocycles. The number of amides is 1. The number of fused-ring (bicyclic) bond motifs is 1. The van der Waals surface area contributed by atoms with Gasteiger partial charge in [-0.2, -0.15) is 0 Å². The van der Waals surface area contributed by atoms with Crippen molar-refractivity contribution in [2.45, 2.75) is 39.0 Å². The normalized spacial score (nSPS) is 18.4. The summed E-state index contributed by atoms with van der Waals surface area (Å²) in [5.41, 5.74) is 1.04. The van der Waals surface area contributed by atoms with E-state index in [4.69, 9.17) is 21.7 Å². The first-order chi connectivity index (χ1) is 15.0. The zero-order chi connectivity index (χ0) is 22.0. The lowest BCUT2D eigenvalue weighted by molar-refractivity contribution is -0.897. The standard InChI is InChI=1S/C22H30N4O4S/c1-3-24(4-2)11-12-26-20(28)17-6-5-16(15-18(17)23-21(26)31)19(27)25-9-7-22(8-10-25)29-13-14-30-22/h5-6,15H,3-4,7-14H2,1-2H3,(H,23,31)/p+1. The van der Waals surface area contributed by atoms with Crippen LogP contribution in [0.5, 0.6) is 0 Å². The minimum absolute atomic E-state index is 0.0524. The Morgan fingerprint density at radius 3 is 2.52 bits per heavy atom. The molecule has 0 radical (unpaired) electrons. The first-order valence-corrected chi connectivity index (χ1v) is 11.5. The molecule has 2 aromatic rings. The maximum Gasteiger partial charge on any atom is 0.262 e. The van der Waals surface area contributed by atoms with Crippen molar-refractivity contribution in [1.82, 2.24) is 14.5 Å². The molecule has 1 aromatic heterocycles.